The Hall–Kier alpha value is -4.10. The van der Waals surface area contributed by atoms with Gasteiger partial charge in [0.2, 0.25) is 0 Å². The zero-order valence-electron chi connectivity index (χ0n) is 17.0. The van der Waals surface area contributed by atoms with Crippen molar-refractivity contribution in [3.63, 3.8) is 0 Å². The van der Waals surface area contributed by atoms with E-state index in [1.165, 1.54) is 6.07 Å². The highest BCUT2D eigenvalue weighted by atomic mass is 19.1. The van der Waals surface area contributed by atoms with E-state index in [0.29, 0.717) is 22.6 Å². The topological polar surface area (TPSA) is 42.2 Å². The highest BCUT2D eigenvalue weighted by molar-refractivity contribution is 5.94. The molecule has 152 valence electrons. The van der Waals surface area contributed by atoms with Gasteiger partial charge in [0.1, 0.15) is 12.4 Å². The molecule has 0 unspecified atom stereocenters. The molecule has 0 aromatic heterocycles. The molecular formula is C27H20FNO2. The monoisotopic (exact) mass is 409 g/mol. The van der Waals surface area contributed by atoms with Gasteiger partial charge in [-0.1, -0.05) is 60.7 Å². The molecule has 4 aromatic rings. The van der Waals surface area contributed by atoms with Crippen LogP contribution in [0, 0.1) is 17.1 Å². The van der Waals surface area contributed by atoms with Crippen molar-refractivity contribution in [2.24, 2.45) is 0 Å². The standard InChI is InChI=1S/C27H20FNO2/c1-30-27-15-19(10-13-26(27)31-18-23-8-4-5-9-25(23)28)14-24(17-29)22-12-11-20-6-2-3-7-21(20)16-22/h2-16H,18H2,1H3/b24-14-. The van der Waals surface area contributed by atoms with E-state index in [4.69, 9.17) is 9.47 Å². The summed E-state index contributed by atoms with van der Waals surface area (Å²) >= 11 is 0. The average Bonchev–Trinajstić information content (AvgIpc) is 2.82. The maximum absolute atomic E-state index is 13.8. The fourth-order valence-electron chi connectivity index (χ4n) is 3.37. The largest absolute Gasteiger partial charge is 0.493 e. The number of halogens is 1. The van der Waals surface area contributed by atoms with Crippen LogP contribution in [-0.4, -0.2) is 7.11 Å². The predicted molar refractivity (Wildman–Crippen MR) is 121 cm³/mol. The molecule has 0 aliphatic rings. The number of methoxy groups -OCH3 is 1. The molecular weight excluding hydrogens is 389 g/mol. The van der Waals surface area contributed by atoms with E-state index in [1.807, 2.05) is 54.6 Å². The highest BCUT2D eigenvalue weighted by Crippen LogP contribution is 2.31. The van der Waals surface area contributed by atoms with Crippen LogP contribution in [-0.2, 0) is 6.61 Å². The Balaban J connectivity index is 1.60. The summed E-state index contributed by atoms with van der Waals surface area (Å²) in [6.07, 6.45) is 1.81. The molecule has 0 heterocycles. The van der Waals surface area contributed by atoms with Crippen LogP contribution in [0.3, 0.4) is 0 Å². The summed E-state index contributed by atoms with van der Waals surface area (Å²) in [5.41, 5.74) is 2.67. The Labute approximate surface area is 180 Å². The molecule has 0 N–H and O–H groups in total. The van der Waals surface area contributed by atoms with E-state index < -0.39 is 0 Å². The van der Waals surface area contributed by atoms with E-state index in [0.717, 1.165) is 21.9 Å². The summed E-state index contributed by atoms with van der Waals surface area (Å²) in [5, 5.41) is 11.9. The lowest BCUT2D eigenvalue weighted by Crippen LogP contribution is -2.00. The van der Waals surface area contributed by atoms with Crippen LogP contribution in [0.15, 0.2) is 84.9 Å². The van der Waals surface area contributed by atoms with Gasteiger partial charge in [0, 0.05) is 5.56 Å². The zero-order chi connectivity index (χ0) is 21.6. The summed E-state index contributed by atoms with van der Waals surface area (Å²) < 4.78 is 25.0. The van der Waals surface area contributed by atoms with Gasteiger partial charge in [-0.3, -0.25) is 0 Å². The number of nitrogens with zero attached hydrogens (tertiary/aromatic N) is 1. The molecule has 0 spiro atoms. The Morgan fingerprint density at radius 2 is 1.68 bits per heavy atom. The number of ether oxygens (including phenoxy) is 2. The van der Waals surface area contributed by atoms with Crippen molar-refractivity contribution in [1.82, 2.24) is 0 Å². The number of nitriles is 1. The summed E-state index contributed by atoms with van der Waals surface area (Å²) in [6.45, 7) is 0.0960. The number of rotatable bonds is 6. The SMILES string of the molecule is COc1cc(/C=C(/C#N)c2ccc3ccccc3c2)ccc1OCc1ccccc1F. The molecule has 4 heteroatoms. The number of hydrogen-bond donors (Lipinski definition) is 0. The third-order valence-electron chi connectivity index (χ3n) is 5.02. The molecule has 4 rings (SSSR count). The number of fused-ring (bicyclic) bond motifs is 1. The first-order valence-corrected chi connectivity index (χ1v) is 9.83. The van der Waals surface area contributed by atoms with Crippen molar-refractivity contribution in [2.45, 2.75) is 6.61 Å². The normalized spacial score (nSPS) is 11.2. The summed E-state index contributed by atoms with van der Waals surface area (Å²) in [5.74, 6) is 0.711. The number of benzene rings is 4. The lowest BCUT2D eigenvalue weighted by Gasteiger charge is -2.12. The smallest absolute Gasteiger partial charge is 0.161 e. The Morgan fingerprint density at radius 3 is 2.45 bits per heavy atom. The molecule has 0 bridgehead atoms. The molecule has 0 fully saturated rings. The summed E-state index contributed by atoms with van der Waals surface area (Å²) in [6, 6.07) is 28.2. The van der Waals surface area contributed by atoms with E-state index in [1.54, 1.807) is 37.4 Å². The van der Waals surface area contributed by atoms with Gasteiger partial charge in [-0.25, -0.2) is 4.39 Å². The molecule has 0 aliphatic heterocycles. The quantitative estimate of drug-likeness (QED) is 0.265. The number of allylic oxidation sites excluding steroid dienone is 1. The minimum Gasteiger partial charge on any atom is -0.493 e. The number of hydrogen-bond acceptors (Lipinski definition) is 3. The van der Waals surface area contributed by atoms with E-state index >= 15 is 0 Å². The molecule has 0 radical (unpaired) electrons. The van der Waals surface area contributed by atoms with Crippen molar-refractivity contribution in [2.75, 3.05) is 7.11 Å². The van der Waals surface area contributed by atoms with Crippen LogP contribution >= 0.6 is 0 Å². The van der Waals surface area contributed by atoms with Crippen LogP contribution < -0.4 is 9.47 Å². The Morgan fingerprint density at radius 1 is 0.903 bits per heavy atom. The fourth-order valence-corrected chi connectivity index (χ4v) is 3.37. The zero-order valence-corrected chi connectivity index (χ0v) is 17.0. The third kappa shape index (κ3) is 4.57. The molecule has 0 atom stereocenters. The molecule has 0 aliphatic carbocycles. The first-order valence-electron chi connectivity index (χ1n) is 9.83. The van der Waals surface area contributed by atoms with Crippen molar-refractivity contribution in [1.29, 1.82) is 5.26 Å². The van der Waals surface area contributed by atoms with Gasteiger partial charge in [-0.15, -0.1) is 0 Å². The van der Waals surface area contributed by atoms with E-state index in [9.17, 15) is 9.65 Å². The molecule has 0 saturated heterocycles. The second kappa shape index (κ2) is 9.15. The maximum atomic E-state index is 13.8. The molecule has 31 heavy (non-hydrogen) atoms. The van der Waals surface area contributed by atoms with Crippen molar-refractivity contribution in [3.05, 3.63) is 107 Å². The van der Waals surface area contributed by atoms with Gasteiger partial charge in [0.05, 0.1) is 18.8 Å². The van der Waals surface area contributed by atoms with Crippen molar-refractivity contribution in [3.8, 4) is 17.6 Å². The minimum atomic E-state index is -0.310. The molecule has 0 amide bonds. The lowest BCUT2D eigenvalue weighted by molar-refractivity contribution is 0.279. The first kappa shape index (κ1) is 20.2. The second-order valence-electron chi connectivity index (χ2n) is 7.02. The average molecular weight is 409 g/mol. The summed E-state index contributed by atoms with van der Waals surface area (Å²) in [7, 11) is 1.55. The Kier molecular flexibility index (Phi) is 5.96. The van der Waals surface area contributed by atoms with Gasteiger partial charge in [0.25, 0.3) is 0 Å². The van der Waals surface area contributed by atoms with Gasteiger partial charge in [0.15, 0.2) is 11.5 Å². The van der Waals surface area contributed by atoms with Crippen LogP contribution in [0.4, 0.5) is 4.39 Å². The van der Waals surface area contributed by atoms with E-state index in [2.05, 4.69) is 6.07 Å². The van der Waals surface area contributed by atoms with Gasteiger partial charge in [-0.2, -0.15) is 5.26 Å². The predicted octanol–water partition coefficient (Wildman–Crippen LogP) is 6.63. The lowest BCUT2D eigenvalue weighted by atomic mass is 10.00. The third-order valence-corrected chi connectivity index (χ3v) is 5.02. The van der Waals surface area contributed by atoms with Gasteiger partial charge < -0.3 is 9.47 Å². The Bertz CT molecular complexity index is 1300. The molecule has 4 aromatic carbocycles. The van der Waals surface area contributed by atoms with Crippen molar-refractivity contribution >= 4 is 22.4 Å². The first-order chi connectivity index (χ1) is 15.2. The second-order valence-corrected chi connectivity index (χ2v) is 7.02. The van der Waals surface area contributed by atoms with Crippen LogP contribution in [0.5, 0.6) is 11.5 Å². The van der Waals surface area contributed by atoms with Crippen LogP contribution in [0.25, 0.3) is 22.4 Å². The minimum absolute atomic E-state index is 0.0960. The van der Waals surface area contributed by atoms with Crippen LogP contribution in [0.2, 0.25) is 0 Å². The fraction of sp³-hybridized carbons (Fsp3) is 0.0741. The van der Waals surface area contributed by atoms with Crippen LogP contribution in [0.1, 0.15) is 16.7 Å². The van der Waals surface area contributed by atoms with Gasteiger partial charge >= 0.3 is 0 Å². The maximum Gasteiger partial charge on any atom is 0.161 e. The molecule has 0 saturated carbocycles. The van der Waals surface area contributed by atoms with Gasteiger partial charge in [-0.05, 0) is 52.2 Å². The highest BCUT2D eigenvalue weighted by Gasteiger charge is 2.09. The molecule has 3 nitrogen and oxygen atoms in total. The van der Waals surface area contributed by atoms with E-state index in [-0.39, 0.29) is 12.4 Å². The van der Waals surface area contributed by atoms with Crippen molar-refractivity contribution < 1.29 is 13.9 Å². The summed E-state index contributed by atoms with van der Waals surface area (Å²) in [4.78, 5) is 0.